The van der Waals surface area contributed by atoms with Gasteiger partial charge in [-0.3, -0.25) is 4.79 Å². The first kappa shape index (κ1) is 23.6. The van der Waals surface area contributed by atoms with Crippen molar-refractivity contribution in [2.45, 2.75) is 35.5 Å². The molecule has 0 spiro atoms. The van der Waals surface area contributed by atoms with Gasteiger partial charge in [0.1, 0.15) is 11.3 Å². The molecule has 0 fully saturated rings. The number of carboxylic acid groups (broad SMARTS) is 1. The molecule has 2 aromatic rings. The summed E-state index contributed by atoms with van der Waals surface area (Å²) >= 11 is 6.56. The van der Waals surface area contributed by atoms with Gasteiger partial charge in [-0.1, -0.05) is 38.8 Å². The molecule has 1 aromatic carbocycles. The molecule has 0 saturated heterocycles. The summed E-state index contributed by atoms with van der Waals surface area (Å²) in [5.74, 6) is -2.05. The summed E-state index contributed by atoms with van der Waals surface area (Å²) in [6, 6.07) is 1.10. The summed E-state index contributed by atoms with van der Waals surface area (Å²) in [6.07, 6.45) is -8.65. The van der Waals surface area contributed by atoms with Crippen LogP contribution in [0.25, 0.3) is 11.4 Å². The number of hydrogen-bond acceptors (Lipinski definition) is 3. The van der Waals surface area contributed by atoms with E-state index in [1.165, 1.54) is 11.6 Å². The molecule has 2 rings (SSSR count). The number of aliphatic carboxylic acids is 1. The Labute approximate surface area is 177 Å². The lowest BCUT2D eigenvalue weighted by Crippen LogP contribution is -2.21. The molecule has 1 heterocycles. The first-order chi connectivity index (χ1) is 13.2. The summed E-state index contributed by atoms with van der Waals surface area (Å²) in [7, 11) is 0. The molecule has 29 heavy (non-hydrogen) atoms. The maximum absolute atomic E-state index is 13.0. The second-order valence-electron chi connectivity index (χ2n) is 6.21. The fourth-order valence-corrected chi connectivity index (χ4v) is 3.54. The summed E-state index contributed by atoms with van der Waals surface area (Å²) in [5, 5.41) is 12.9. The molecule has 0 aliphatic heterocycles. The monoisotopic (exact) mass is 551 g/mol. The number of carboxylic acids is 1. The molecule has 13 heteroatoms. The first-order valence-corrected chi connectivity index (χ1v) is 9.75. The van der Waals surface area contributed by atoms with Gasteiger partial charge in [0.2, 0.25) is 0 Å². The van der Waals surface area contributed by atoms with E-state index in [1.807, 2.05) is 0 Å². The van der Waals surface area contributed by atoms with Gasteiger partial charge in [-0.15, -0.1) is 5.10 Å². The summed E-state index contributed by atoms with van der Waals surface area (Å²) in [5.41, 5.74) is -3.39. The summed E-state index contributed by atoms with van der Waals surface area (Å²) in [4.78, 5) is 13.7. The maximum atomic E-state index is 13.0. The Hall–Kier alpha value is -1.63. The van der Waals surface area contributed by atoms with E-state index in [2.05, 4.69) is 41.9 Å². The van der Waals surface area contributed by atoms with E-state index in [4.69, 9.17) is 5.11 Å². The minimum absolute atomic E-state index is 0.0234. The van der Waals surface area contributed by atoms with Crippen LogP contribution in [0.15, 0.2) is 24.5 Å². The third-order valence-corrected chi connectivity index (χ3v) is 6.55. The molecule has 0 bridgehead atoms. The highest BCUT2D eigenvalue weighted by atomic mass is 79.9. The van der Waals surface area contributed by atoms with Gasteiger partial charge in [-0.25, -0.2) is 9.67 Å². The van der Waals surface area contributed by atoms with Gasteiger partial charge in [-0.05, 0) is 24.6 Å². The molecule has 0 radical (unpaired) electrons. The number of halogens is 8. The molecule has 1 aromatic heterocycles. The van der Waals surface area contributed by atoms with Gasteiger partial charge in [-0.2, -0.15) is 26.3 Å². The van der Waals surface area contributed by atoms with Crippen molar-refractivity contribution in [3.63, 3.8) is 0 Å². The van der Waals surface area contributed by atoms with E-state index >= 15 is 0 Å². The van der Waals surface area contributed by atoms with Gasteiger partial charge in [0.05, 0.1) is 17.0 Å². The predicted molar refractivity (Wildman–Crippen MR) is 97.6 cm³/mol. The second-order valence-corrected chi connectivity index (χ2v) is 8.32. The standard InChI is InChI=1S/C16H13Br2F6N3O2/c1-7(14(28)29)2-11(17)12(18)27-6-25-13(26-27)8-3-9(15(19,20)21)5-10(4-8)16(22,23)24/h3-7,11-12H,2H2,1H3,(H,28,29). The van der Waals surface area contributed by atoms with E-state index < -0.39 is 50.7 Å². The van der Waals surface area contributed by atoms with E-state index in [9.17, 15) is 31.1 Å². The average Bonchev–Trinajstić information content (AvgIpc) is 3.09. The third kappa shape index (κ3) is 5.93. The number of aromatic nitrogens is 3. The molecular weight excluding hydrogens is 540 g/mol. The highest BCUT2D eigenvalue weighted by molar-refractivity contribution is 9.12. The smallest absolute Gasteiger partial charge is 0.416 e. The van der Waals surface area contributed by atoms with Gasteiger partial charge >= 0.3 is 18.3 Å². The van der Waals surface area contributed by atoms with Gasteiger partial charge in [0.15, 0.2) is 5.82 Å². The Morgan fingerprint density at radius 3 is 2.07 bits per heavy atom. The Kier molecular flexibility index (Phi) is 7.03. The van der Waals surface area contributed by atoms with Crippen LogP contribution in [0.4, 0.5) is 26.3 Å². The minimum atomic E-state index is -4.98. The molecule has 5 nitrogen and oxygen atoms in total. The van der Waals surface area contributed by atoms with Crippen molar-refractivity contribution in [3.05, 3.63) is 35.7 Å². The van der Waals surface area contributed by atoms with Crippen LogP contribution in [0.2, 0.25) is 0 Å². The fourth-order valence-electron chi connectivity index (χ4n) is 2.33. The largest absolute Gasteiger partial charge is 0.481 e. The van der Waals surface area contributed by atoms with Crippen molar-refractivity contribution in [2.24, 2.45) is 5.92 Å². The number of benzene rings is 1. The van der Waals surface area contributed by atoms with Crippen LogP contribution < -0.4 is 0 Å². The van der Waals surface area contributed by atoms with Crippen LogP contribution in [0, 0.1) is 5.92 Å². The van der Waals surface area contributed by atoms with Gasteiger partial charge in [0, 0.05) is 10.4 Å². The molecule has 0 aliphatic rings. The Morgan fingerprint density at radius 2 is 1.62 bits per heavy atom. The Bertz CT molecular complexity index is 852. The lowest BCUT2D eigenvalue weighted by molar-refractivity contribution is -0.143. The maximum Gasteiger partial charge on any atom is 0.416 e. The molecule has 0 amide bonds. The predicted octanol–water partition coefficient (Wildman–Crippen LogP) is 5.75. The number of alkyl halides is 8. The summed E-state index contributed by atoms with van der Waals surface area (Å²) in [6.45, 7) is 1.49. The van der Waals surface area contributed by atoms with E-state index in [1.54, 1.807) is 0 Å². The van der Waals surface area contributed by atoms with Crippen LogP contribution in [0.1, 0.15) is 29.4 Å². The van der Waals surface area contributed by atoms with Crippen LogP contribution in [0.3, 0.4) is 0 Å². The van der Waals surface area contributed by atoms with E-state index in [-0.39, 0.29) is 18.3 Å². The van der Waals surface area contributed by atoms with Crippen molar-refractivity contribution in [2.75, 3.05) is 0 Å². The lowest BCUT2D eigenvalue weighted by Gasteiger charge is -2.18. The third-order valence-electron chi connectivity index (χ3n) is 3.91. The number of carbonyl (C=O) groups is 1. The van der Waals surface area contributed by atoms with Gasteiger partial charge in [0.25, 0.3) is 0 Å². The van der Waals surface area contributed by atoms with Gasteiger partial charge < -0.3 is 5.11 Å². The fraction of sp³-hybridized carbons (Fsp3) is 0.438. The van der Waals surface area contributed by atoms with Crippen molar-refractivity contribution in [1.29, 1.82) is 0 Å². The SMILES string of the molecule is CC(CC(Br)C(Br)n1cnc(-c2cc(C(F)(F)F)cc(C(F)(F)F)c2)n1)C(=O)O. The van der Waals surface area contributed by atoms with Crippen LogP contribution in [0.5, 0.6) is 0 Å². The highest BCUT2D eigenvalue weighted by Gasteiger charge is 2.37. The van der Waals surface area contributed by atoms with Crippen molar-refractivity contribution in [1.82, 2.24) is 14.8 Å². The second kappa shape index (κ2) is 8.62. The average molecular weight is 553 g/mol. The quantitative estimate of drug-likeness (QED) is 0.366. The zero-order valence-corrected chi connectivity index (χ0v) is 17.6. The zero-order chi connectivity index (χ0) is 22.1. The zero-order valence-electron chi connectivity index (χ0n) is 14.5. The molecule has 160 valence electrons. The van der Waals surface area contributed by atoms with E-state index in [0.29, 0.717) is 12.1 Å². The normalized spacial score (nSPS) is 15.8. The molecule has 3 atom stereocenters. The minimum Gasteiger partial charge on any atom is -0.481 e. The Morgan fingerprint density at radius 1 is 1.10 bits per heavy atom. The first-order valence-electron chi connectivity index (χ1n) is 7.92. The molecule has 0 aliphatic carbocycles. The number of nitrogens with zero attached hydrogens (tertiary/aromatic N) is 3. The summed E-state index contributed by atoms with van der Waals surface area (Å²) < 4.78 is 79.2. The Balaban J connectivity index is 2.37. The van der Waals surface area contributed by atoms with Crippen LogP contribution >= 0.6 is 31.9 Å². The van der Waals surface area contributed by atoms with Crippen molar-refractivity contribution in [3.8, 4) is 11.4 Å². The topological polar surface area (TPSA) is 68.0 Å². The number of rotatable bonds is 6. The molecule has 0 saturated carbocycles. The van der Waals surface area contributed by atoms with Crippen molar-refractivity contribution < 1.29 is 36.2 Å². The lowest BCUT2D eigenvalue weighted by atomic mass is 10.0. The van der Waals surface area contributed by atoms with Crippen molar-refractivity contribution >= 4 is 37.8 Å². The molecule has 3 unspecified atom stereocenters. The number of hydrogen-bond donors (Lipinski definition) is 1. The molecular formula is C16H13Br2F6N3O2. The van der Waals surface area contributed by atoms with Crippen LogP contribution in [-0.4, -0.2) is 30.7 Å². The van der Waals surface area contributed by atoms with Crippen LogP contribution in [-0.2, 0) is 17.1 Å². The highest BCUT2D eigenvalue weighted by Crippen LogP contribution is 2.38. The van der Waals surface area contributed by atoms with E-state index in [0.717, 1.165) is 6.33 Å². The molecule has 1 N–H and O–H groups in total.